The number of thioether (sulfide) groups is 1. The second-order valence-corrected chi connectivity index (χ2v) is 9.83. The number of benzene rings is 3. The number of anilines is 1. The number of hydrogen-bond acceptors (Lipinski definition) is 9. The number of rotatable bonds is 8. The number of aromatic amines is 1. The van der Waals surface area contributed by atoms with E-state index in [9.17, 15) is 24.8 Å². The Hall–Kier alpha value is -4.90. The van der Waals surface area contributed by atoms with E-state index in [-0.39, 0.29) is 29.2 Å². The van der Waals surface area contributed by atoms with Crippen LogP contribution in [0.15, 0.2) is 94.4 Å². The van der Waals surface area contributed by atoms with E-state index in [1.807, 2.05) is 30.3 Å². The predicted molar refractivity (Wildman–Crippen MR) is 151 cm³/mol. The molecule has 3 aromatic carbocycles. The Labute approximate surface area is 232 Å². The highest BCUT2D eigenvalue weighted by Gasteiger charge is 2.38. The molecule has 1 aromatic heterocycles. The molecule has 40 heavy (non-hydrogen) atoms. The third kappa shape index (κ3) is 5.45. The Bertz CT molecular complexity index is 1650. The summed E-state index contributed by atoms with van der Waals surface area (Å²) >= 11 is 1.27. The number of nitrogens with zero attached hydrogens (tertiary/aromatic N) is 2. The van der Waals surface area contributed by atoms with Gasteiger partial charge in [-0.2, -0.15) is 0 Å². The first kappa shape index (κ1) is 26.7. The van der Waals surface area contributed by atoms with E-state index >= 15 is 0 Å². The summed E-state index contributed by atoms with van der Waals surface area (Å²) < 4.78 is 5.43. The summed E-state index contributed by atoms with van der Waals surface area (Å²) in [6.07, 6.45) is 0. The van der Waals surface area contributed by atoms with E-state index in [4.69, 9.17) is 9.72 Å². The maximum atomic E-state index is 13.6. The van der Waals surface area contributed by atoms with Gasteiger partial charge in [0.15, 0.2) is 5.16 Å². The number of carbonyl (C=O) groups is 1. The fraction of sp³-hybridized carbons (Fsp3) is 0.138. The van der Waals surface area contributed by atoms with Crippen molar-refractivity contribution in [2.45, 2.75) is 23.8 Å². The highest BCUT2D eigenvalue weighted by atomic mass is 32.2. The standard InChI is InChI=1S/C29H24N4O6S/c1-2-39-28(36)23-22(18-10-14-21(34)15-11-18)24-26(30-25(23)19-6-4-3-5-7-19)31-29(32-27(24)35)40-16-17-8-12-20(13-9-17)33(37)38/h3-15,22,34H,2,16H2,1H3,(H2,30,31,32,35). The normalized spacial score (nSPS) is 14.3. The lowest BCUT2D eigenvalue weighted by Gasteiger charge is -2.30. The van der Waals surface area contributed by atoms with Crippen LogP contribution >= 0.6 is 11.8 Å². The van der Waals surface area contributed by atoms with Gasteiger partial charge in [0.2, 0.25) is 0 Å². The van der Waals surface area contributed by atoms with Crippen LogP contribution in [0.5, 0.6) is 5.75 Å². The van der Waals surface area contributed by atoms with Crippen LogP contribution in [-0.2, 0) is 15.3 Å². The maximum absolute atomic E-state index is 13.6. The number of non-ortho nitro benzene ring substituents is 1. The van der Waals surface area contributed by atoms with E-state index in [0.717, 1.165) is 5.56 Å². The molecule has 0 aliphatic carbocycles. The van der Waals surface area contributed by atoms with Crippen molar-refractivity contribution in [3.8, 4) is 5.75 Å². The first-order valence-corrected chi connectivity index (χ1v) is 13.4. The third-order valence-electron chi connectivity index (χ3n) is 6.33. The number of phenols is 1. The van der Waals surface area contributed by atoms with Crippen molar-refractivity contribution < 1.29 is 19.6 Å². The molecule has 0 radical (unpaired) electrons. The number of hydrogen-bond donors (Lipinski definition) is 3. The smallest absolute Gasteiger partial charge is 0.337 e. The van der Waals surface area contributed by atoms with Crippen LogP contribution < -0.4 is 10.9 Å². The number of fused-ring (bicyclic) bond motifs is 1. The van der Waals surface area contributed by atoms with Crippen LogP contribution in [0, 0.1) is 10.1 Å². The fourth-order valence-corrected chi connectivity index (χ4v) is 5.31. The Morgan fingerprint density at radius 3 is 2.42 bits per heavy atom. The summed E-state index contributed by atoms with van der Waals surface area (Å²) in [6.45, 7) is 1.86. The van der Waals surface area contributed by atoms with Crippen LogP contribution in [0.1, 0.15) is 35.1 Å². The predicted octanol–water partition coefficient (Wildman–Crippen LogP) is 5.21. The third-order valence-corrected chi connectivity index (χ3v) is 7.28. The molecule has 0 bridgehead atoms. The number of phenolic OH excluding ortho intramolecular Hbond substituents is 1. The molecule has 4 aromatic rings. The lowest BCUT2D eigenvalue weighted by Crippen LogP contribution is -2.31. The minimum absolute atomic E-state index is 0.00355. The Morgan fingerprint density at radius 1 is 1.07 bits per heavy atom. The molecule has 1 aliphatic rings. The Balaban J connectivity index is 1.60. The van der Waals surface area contributed by atoms with Crippen LogP contribution in [0.25, 0.3) is 5.70 Å². The minimum atomic E-state index is -0.823. The molecule has 1 unspecified atom stereocenters. The van der Waals surface area contributed by atoms with E-state index in [1.54, 1.807) is 31.2 Å². The van der Waals surface area contributed by atoms with Crippen LogP contribution in [0.3, 0.4) is 0 Å². The zero-order valence-corrected chi connectivity index (χ0v) is 22.1. The number of nitro benzene ring substituents is 1. The lowest BCUT2D eigenvalue weighted by molar-refractivity contribution is -0.384. The number of carbonyl (C=O) groups excluding carboxylic acids is 1. The summed E-state index contributed by atoms with van der Waals surface area (Å²) in [6, 6.07) is 21.7. The lowest BCUT2D eigenvalue weighted by atomic mass is 9.81. The highest BCUT2D eigenvalue weighted by Crippen LogP contribution is 2.43. The molecule has 0 saturated heterocycles. The zero-order chi connectivity index (χ0) is 28.2. The number of aromatic hydroxyl groups is 1. The first-order chi connectivity index (χ1) is 19.4. The SMILES string of the molecule is CCOC(=O)C1=C(c2ccccc2)Nc2nc(SCc3ccc([N+](=O)[O-])cc3)[nH]c(=O)c2C1c1ccc(O)cc1. The van der Waals surface area contributed by atoms with Crippen LogP contribution in [0.2, 0.25) is 0 Å². The molecule has 0 fully saturated rings. The monoisotopic (exact) mass is 556 g/mol. The second kappa shape index (κ2) is 11.5. The number of nitrogens with one attached hydrogen (secondary N) is 2. The summed E-state index contributed by atoms with van der Waals surface area (Å²) in [4.78, 5) is 45.0. The van der Waals surface area contributed by atoms with Crippen molar-refractivity contribution in [2.75, 3.05) is 11.9 Å². The molecule has 1 aliphatic heterocycles. The van der Waals surface area contributed by atoms with E-state index < -0.39 is 22.4 Å². The van der Waals surface area contributed by atoms with Crippen molar-refractivity contribution in [3.63, 3.8) is 0 Å². The maximum Gasteiger partial charge on any atom is 0.337 e. The summed E-state index contributed by atoms with van der Waals surface area (Å²) in [7, 11) is 0. The Kier molecular flexibility index (Phi) is 7.65. The van der Waals surface area contributed by atoms with Gasteiger partial charge in [-0.05, 0) is 35.7 Å². The largest absolute Gasteiger partial charge is 0.508 e. The van der Waals surface area contributed by atoms with Crippen LogP contribution in [0.4, 0.5) is 11.5 Å². The quantitative estimate of drug-likeness (QED) is 0.0875. The van der Waals surface area contributed by atoms with E-state index in [1.165, 1.54) is 36.0 Å². The van der Waals surface area contributed by atoms with Gasteiger partial charge in [0, 0.05) is 17.9 Å². The second-order valence-electron chi connectivity index (χ2n) is 8.87. The van der Waals surface area contributed by atoms with Gasteiger partial charge in [-0.25, -0.2) is 9.78 Å². The molecular formula is C29H24N4O6S. The van der Waals surface area contributed by atoms with Gasteiger partial charge in [-0.15, -0.1) is 0 Å². The van der Waals surface area contributed by atoms with Crippen molar-refractivity contribution in [3.05, 3.63) is 127 Å². The number of nitro groups is 1. The van der Waals surface area contributed by atoms with Gasteiger partial charge in [0.05, 0.1) is 34.3 Å². The molecule has 10 nitrogen and oxygen atoms in total. The molecule has 0 amide bonds. The molecule has 3 N–H and O–H groups in total. The van der Waals surface area contributed by atoms with Gasteiger partial charge < -0.3 is 20.1 Å². The fourth-order valence-electron chi connectivity index (χ4n) is 4.49. The molecule has 0 spiro atoms. The molecule has 5 rings (SSSR count). The zero-order valence-electron chi connectivity index (χ0n) is 21.3. The summed E-state index contributed by atoms with van der Waals surface area (Å²) in [5.41, 5.74) is 2.66. The molecule has 11 heteroatoms. The average molecular weight is 557 g/mol. The van der Waals surface area contributed by atoms with E-state index in [0.29, 0.717) is 33.6 Å². The molecule has 2 heterocycles. The van der Waals surface area contributed by atoms with Gasteiger partial charge >= 0.3 is 5.97 Å². The highest BCUT2D eigenvalue weighted by molar-refractivity contribution is 7.98. The summed E-state index contributed by atoms with van der Waals surface area (Å²) in [5.74, 6) is -0.645. The average Bonchev–Trinajstić information content (AvgIpc) is 2.96. The van der Waals surface area contributed by atoms with Gasteiger partial charge in [-0.1, -0.05) is 66.4 Å². The first-order valence-electron chi connectivity index (χ1n) is 12.4. The number of ether oxygens (including phenoxy) is 1. The van der Waals surface area contributed by atoms with Crippen LogP contribution in [-0.4, -0.2) is 32.6 Å². The van der Waals surface area contributed by atoms with Gasteiger partial charge in [-0.3, -0.25) is 14.9 Å². The van der Waals surface area contributed by atoms with Crippen molar-refractivity contribution in [1.29, 1.82) is 0 Å². The summed E-state index contributed by atoms with van der Waals surface area (Å²) in [5, 5.41) is 24.4. The van der Waals surface area contributed by atoms with Gasteiger partial charge in [0.25, 0.3) is 11.2 Å². The van der Waals surface area contributed by atoms with Crippen molar-refractivity contribution >= 4 is 34.9 Å². The van der Waals surface area contributed by atoms with Gasteiger partial charge in [0.1, 0.15) is 11.6 Å². The Morgan fingerprint density at radius 2 is 1.77 bits per heavy atom. The van der Waals surface area contributed by atoms with E-state index in [2.05, 4.69) is 10.3 Å². The topological polar surface area (TPSA) is 147 Å². The van der Waals surface area contributed by atoms with Crippen molar-refractivity contribution in [2.24, 2.45) is 0 Å². The molecule has 1 atom stereocenters. The molecule has 202 valence electrons. The van der Waals surface area contributed by atoms with Crippen molar-refractivity contribution in [1.82, 2.24) is 9.97 Å². The number of H-pyrrole nitrogens is 1. The molecular weight excluding hydrogens is 532 g/mol. The molecule has 0 saturated carbocycles. The minimum Gasteiger partial charge on any atom is -0.508 e. The number of esters is 1. The number of aromatic nitrogens is 2.